The van der Waals surface area contributed by atoms with Gasteiger partial charge in [0.2, 0.25) is 0 Å². The van der Waals surface area contributed by atoms with Crippen molar-refractivity contribution in [3.63, 3.8) is 0 Å². The summed E-state index contributed by atoms with van der Waals surface area (Å²) in [6.07, 6.45) is 2.06. The summed E-state index contributed by atoms with van der Waals surface area (Å²) in [5, 5.41) is 1.52. The maximum absolute atomic E-state index is 12.2. The van der Waals surface area contributed by atoms with Gasteiger partial charge in [-0.15, -0.1) is 0 Å². The summed E-state index contributed by atoms with van der Waals surface area (Å²) >= 11 is 6.11. The molecule has 1 heterocycles. The van der Waals surface area contributed by atoms with Crippen molar-refractivity contribution in [3.8, 4) is 0 Å². The van der Waals surface area contributed by atoms with Crippen LogP contribution in [-0.4, -0.2) is 29.4 Å². The Morgan fingerprint density at radius 2 is 2.11 bits per heavy atom. The van der Waals surface area contributed by atoms with Gasteiger partial charge in [-0.1, -0.05) is 43.1 Å². The highest BCUT2D eigenvalue weighted by atomic mass is 35.5. The summed E-state index contributed by atoms with van der Waals surface area (Å²) in [5.74, 6) is -0.0599. The maximum Gasteiger partial charge on any atom is 0.272 e. The molecule has 0 N–H and O–H groups in total. The standard InChI is InChI=1S/C15H17ClN2O/c1-3-4-10-18(2)15(19)13-9-8-11-6-5-7-12(16)14(11)17-13/h5-9H,3-4,10H2,1-2H3. The van der Waals surface area contributed by atoms with Gasteiger partial charge in [0.25, 0.3) is 5.91 Å². The monoisotopic (exact) mass is 276 g/mol. The lowest BCUT2D eigenvalue weighted by atomic mass is 10.2. The van der Waals surface area contributed by atoms with Crippen LogP contribution in [0.1, 0.15) is 30.3 Å². The van der Waals surface area contributed by atoms with Crippen LogP contribution >= 0.6 is 11.6 Å². The van der Waals surface area contributed by atoms with Gasteiger partial charge in [-0.3, -0.25) is 4.79 Å². The molecule has 0 fully saturated rings. The number of aromatic nitrogens is 1. The molecule has 0 aliphatic rings. The van der Waals surface area contributed by atoms with Crippen LogP contribution in [0.5, 0.6) is 0 Å². The van der Waals surface area contributed by atoms with Crippen LogP contribution in [0.3, 0.4) is 0 Å². The fraction of sp³-hybridized carbons (Fsp3) is 0.333. The second-order valence-electron chi connectivity index (χ2n) is 4.59. The van der Waals surface area contributed by atoms with E-state index >= 15 is 0 Å². The van der Waals surface area contributed by atoms with E-state index < -0.39 is 0 Å². The zero-order valence-corrected chi connectivity index (χ0v) is 11.9. The van der Waals surface area contributed by atoms with Crippen LogP contribution in [0.2, 0.25) is 5.02 Å². The molecule has 0 saturated heterocycles. The number of unbranched alkanes of at least 4 members (excludes halogenated alkanes) is 1. The lowest BCUT2D eigenvalue weighted by Crippen LogP contribution is -2.28. The zero-order chi connectivity index (χ0) is 13.8. The Morgan fingerprint density at radius 3 is 2.84 bits per heavy atom. The Bertz CT molecular complexity index is 598. The molecule has 19 heavy (non-hydrogen) atoms. The highest BCUT2D eigenvalue weighted by molar-refractivity contribution is 6.35. The van der Waals surface area contributed by atoms with Gasteiger partial charge in [-0.2, -0.15) is 0 Å². The van der Waals surface area contributed by atoms with Crippen molar-refractivity contribution >= 4 is 28.4 Å². The van der Waals surface area contributed by atoms with E-state index in [1.165, 1.54) is 0 Å². The van der Waals surface area contributed by atoms with Crippen LogP contribution in [-0.2, 0) is 0 Å². The van der Waals surface area contributed by atoms with Crippen molar-refractivity contribution in [2.75, 3.05) is 13.6 Å². The lowest BCUT2D eigenvalue weighted by molar-refractivity contribution is 0.0788. The van der Waals surface area contributed by atoms with Crippen molar-refractivity contribution < 1.29 is 4.79 Å². The summed E-state index contributed by atoms with van der Waals surface area (Å²) in [6.45, 7) is 2.85. The first-order valence-corrected chi connectivity index (χ1v) is 6.82. The first-order valence-electron chi connectivity index (χ1n) is 6.44. The average Bonchev–Trinajstić information content (AvgIpc) is 2.44. The molecule has 100 valence electrons. The molecule has 0 saturated carbocycles. The molecule has 4 heteroatoms. The quantitative estimate of drug-likeness (QED) is 0.852. The van der Waals surface area contributed by atoms with Crippen molar-refractivity contribution in [1.82, 2.24) is 9.88 Å². The Morgan fingerprint density at radius 1 is 1.32 bits per heavy atom. The van der Waals surface area contributed by atoms with Crippen molar-refractivity contribution in [2.45, 2.75) is 19.8 Å². The van der Waals surface area contributed by atoms with E-state index in [0.717, 1.165) is 24.8 Å². The number of carbonyl (C=O) groups excluding carboxylic acids is 1. The molecule has 0 radical (unpaired) electrons. The average molecular weight is 277 g/mol. The van der Waals surface area contributed by atoms with Gasteiger partial charge in [0, 0.05) is 19.0 Å². The van der Waals surface area contributed by atoms with E-state index in [2.05, 4.69) is 11.9 Å². The first-order chi connectivity index (χ1) is 9.13. The van der Waals surface area contributed by atoms with E-state index in [4.69, 9.17) is 11.6 Å². The third kappa shape index (κ3) is 3.04. The number of carbonyl (C=O) groups is 1. The minimum atomic E-state index is -0.0599. The van der Waals surface area contributed by atoms with Crippen LogP contribution in [0.25, 0.3) is 10.9 Å². The SMILES string of the molecule is CCCCN(C)C(=O)c1ccc2cccc(Cl)c2n1. The predicted molar refractivity (Wildman–Crippen MR) is 78.6 cm³/mol. The number of para-hydroxylation sites is 1. The predicted octanol–water partition coefficient (Wildman–Crippen LogP) is 3.76. The number of pyridine rings is 1. The van der Waals surface area contributed by atoms with Gasteiger partial charge in [0.1, 0.15) is 5.69 Å². The molecule has 0 aliphatic carbocycles. The molecule has 0 atom stereocenters. The Hall–Kier alpha value is -1.61. The number of benzene rings is 1. The zero-order valence-electron chi connectivity index (χ0n) is 11.2. The maximum atomic E-state index is 12.2. The van der Waals surface area contributed by atoms with E-state index in [1.807, 2.05) is 18.2 Å². The van der Waals surface area contributed by atoms with Gasteiger partial charge in [-0.05, 0) is 18.6 Å². The fourth-order valence-corrected chi connectivity index (χ4v) is 2.15. The lowest BCUT2D eigenvalue weighted by Gasteiger charge is -2.16. The van der Waals surface area contributed by atoms with E-state index in [-0.39, 0.29) is 5.91 Å². The van der Waals surface area contributed by atoms with E-state index in [9.17, 15) is 4.79 Å². The number of amides is 1. The molecule has 2 rings (SSSR count). The number of halogens is 1. The number of hydrogen-bond donors (Lipinski definition) is 0. The summed E-state index contributed by atoms with van der Waals surface area (Å²) in [5.41, 5.74) is 1.12. The molecule has 0 bridgehead atoms. The van der Waals surface area contributed by atoms with Gasteiger partial charge in [0.15, 0.2) is 0 Å². The Labute approximate surface area is 118 Å². The third-order valence-electron chi connectivity index (χ3n) is 3.08. The van der Waals surface area contributed by atoms with Crippen LogP contribution < -0.4 is 0 Å². The third-order valence-corrected chi connectivity index (χ3v) is 3.39. The minimum Gasteiger partial charge on any atom is -0.340 e. The summed E-state index contributed by atoms with van der Waals surface area (Å²) in [4.78, 5) is 18.3. The second kappa shape index (κ2) is 6.02. The second-order valence-corrected chi connectivity index (χ2v) is 5.00. The highest BCUT2D eigenvalue weighted by Crippen LogP contribution is 2.21. The summed E-state index contributed by atoms with van der Waals surface area (Å²) < 4.78 is 0. The molecule has 1 amide bonds. The summed E-state index contributed by atoms with van der Waals surface area (Å²) in [7, 11) is 1.80. The first kappa shape index (κ1) is 13.8. The number of fused-ring (bicyclic) bond motifs is 1. The largest absolute Gasteiger partial charge is 0.340 e. The van der Waals surface area contributed by atoms with Crippen molar-refractivity contribution in [2.24, 2.45) is 0 Å². The Kier molecular flexibility index (Phi) is 4.38. The van der Waals surface area contributed by atoms with Crippen LogP contribution in [0, 0.1) is 0 Å². The number of nitrogens with zero attached hydrogens (tertiary/aromatic N) is 2. The molecule has 0 spiro atoms. The fourth-order valence-electron chi connectivity index (χ4n) is 1.92. The van der Waals surface area contributed by atoms with E-state index in [0.29, 0.717) is 16.2 Å². The van der Waals surface area contributed by atoms with Gasteiger partial charge in [-0.25, -0.2) is 4.98 Å². The molecule has 0 unspecified atom stereocenters. The Balaban J connectivity index is 2.30. The molecule has 3 nitrogen and oxygen atoms in total. The normalized spacial score (nSPS) is 10.7. The minimum absolute atomic E-state index is 0.0599. The summed E-state index contributed by atoms with van der Waals surface area (Å²) in [6, 6.07) is 9.23. The number of rotatable bonds is 4. The van der Waals surface area contributed by atoms with E-state index in [1.54, 1.807) is 24.1 Å². The highest BCUT2D eigenvalue weighted by Gasteiger charge is 2.13. The van der Waals surface area contributed by atoms with Crippen molar-refractivity contribution in [1.29, 1.82) is 0 Å². The molecule has 0 aliphatic heterocycles. The van der Waals surface area contributed by atoms with Crippen molar-refractivity contribution in [3.05, 3.63) is 41.0 Å². The molecular weight excluding hydrogens is 260 g/mol. The van der Waals surface area contributed by atoms with Crippen LogP contribution in [0.4, 0.5) is 0 Å². The van der Waals surface area contributed by atoms with Crippen LogP contribution in [0.15, 0.2) is 30.3 Å². The topological polar surface area (TPSA) is 33.2 Å². The smallest absolute Gasteiger partial charge is 0.272 e. The number of hydrogen-bond acceptors (Lipinski definition) is 2. The van der Waals surface area contributed by atoms with Gasteiger partial charge in [0.05, 0.1) is 10.5 Å². The molecular formula is C15H17ClN2O. The van der Waals surface area contributed by atoms with Gasteiger partial charge < -0.3 is 4.90 Å². The molecule has 2 aromatic rings. The molecule has 1 aromatic heterocycles. The molecule has 1 aromatic carbocycles. The van der Waals surface area contributed by atoms with Gasteiger partial charge >= 0.3 is 0 Å².